The zero-order valence-corrected chi connectivity index (χ0v) is 16.1. The van der Waals surface area contributed by atoms with Crippen molar-refractivity contribution in [2.45, 2.75) is 18.9 Å². The number of aromatic nitrogens is 1. The van der Waals surface area contributed by atoms with Gasteiger partial charge in [0.15, 0.2) is 0 Å². The Kier molecular flexibility index (Phi) is 6.00. The topological polar surface area (TPSA) is 51.7 Å². The van der Waals surface area contributed by atoms with Crippen LogP contribution in [-0.2, 0) is 4.74 Å². The molecule has 1 atom stereocenters. The Morgan fingerprint density at radius 1 is 1.14 bits per heavy atom. The van der Waals surface area contributed by atoms with Crippen LogP contribution in [0.1, 0.15) is 23.3 Å². The summed E-state index contributed by atoms with van der Waals surface area (Å²) in [7, 11) is 0. The van der Waals surface area contributed by atoms with E-state index in [4.69, 9.17) is 9.47 Å². The number of pyridine rings is 1. The maximum absolute atomic E-state index is 14.1. The first-order valence-corrected chi connectivity index (χ1v) is 9.85. The van der Waals surface area contributed by atoms with Gasteiger partial charge in [-0.1, -0.05) is 36.4 Å². The molecule has 3 aromatic rings. The van der Waals surface area contributed by atoms with Crippen molar-refractivity contribution >= 4 is 16.8 Å². The van der Waals surface area contributed by atoms with Gasteiger partial charge in [-0.2, -0.15) is 0 Å². The van der Waals surface area contributed by atoms with E-state index in [1.807, 2.05) is 30.3 Å². The average Bonchev–Trinajstić information content (AvgIpc) is 3.27. The molecule has 6 heteroatoms. The zero-order chi connectivity index (χ0) is 20.1. The third-order valence-electron chi connectivity index (χ3n) is 5.00. The van der Waals surface area contributed by atoms with E-state index in [0.29, 0.717) is 31.7 Å². The number of nitrogens with zero attached hydrogens (tertiary/aromatic N) is 2. The number of para-hydroxylation sites is 2. The summed E-state index contributed by atoms with van der Waals surface area (Å²) in [5, 5.41) is 0.666. The first kappa shape index (κ1) is 19.3. The number of ether oxygens (including phenoxy) is 2. The fourth-order valence-electron chi connectivity index (χ4n) is 3.49. The highest BCUT2D eigenvalue weighted by atomic mass is 19.1. The second-order valence-electron chi connectivity index (χ2n) is 7.06. The molecule has 4 rings (SSSR count). The van der Waals surface area contributed by atoms with Gasteiger partial charge in [-0.15, -0.1) is 0 Å². The minimum atomic E-state index is -0.435. The highest BCUT2D eigenvalue weighted by Gasteiger charge is 2.24. The monoisotopic (exact) mass is 394 g/mol. The van der Waals surface area contributed by atoms with E-state index in [1.165, 1.54) is 6.07 Å². The van der Waals surface area contributed by atoms with Gasteiger partial charge in [0, 0.05) is 18.5 Å². The number of carbonyl (C=O) groups is 1. The summed E-state index contributed by atoms with van der Waals surface area (Å²) in [5.41, 5.74) is 0.427. The molecule has 1 aromatic heterocycles. The van der Waals surface area contributed by atoms with E-state index in [2.05, 4.69) is 4.98 Å². The maximum Gasteiger partial charge on any atom is 0.272 e. The quantitative estimate of drug-likeness (QED) is 0.606. The molecule has 0 spiro atoms. The highest BCUT2D eigenvalue weighted by Crippen LogP contribution is 2.19. The largest absolute Gasteiger partial charge is 0.492 e. The molecule has 0 radical (unpaired) electrons. The SMILES string of the molecule is O=C(c1ccc2cccc(F)c2n1)N(CCOc1ccccc1)CC1CCCO1. The third kappa shape index (κ3) is 4.71. The van der Waals surface area contributed by atoms with Crippen molar-refractivity contribution in [3.05, 3.63) is 72.2 Å². The van der Waals surface area contributed by atoms with Gasteiger partial charge in [-0.25, -0.2) is 9.37 Å². The second kappa shape index (κ2) is 9.01. The van der Waals surface area contributed by atoms with Crippen molar-refractivity contribution in [2.24, 2.45) is 0 Å². The summed E-state index contributed by atoms with van der Waals surface area (Å²) in [6.07, 6.45) is 1.92. The Labute approximate surface area is 169 Å². The Bertz CT molecular complexity index is 974. The summed E-state index contributed by atoms with van der Waals surface area (Å²) < 4.78 is 25.6. The summed E-state index contributed by atoms with van der Waals surface area (Å²) in [4.78, 5) is 19.1. The lowest BCUT2D eigenvalue weighted by molar-refractivity contribution is 0.0489. The molecule has 0 aliphatic carbocycles. The van der Waals surface area contributed by atoms with Crippen molar-refractivity contribution in [2.75, 3.05) is 26.3 Å². The van der Waals surface area contributed by atoms with Crippen molar-refractivity contribution in [1.82, 2.24) is 9.88 Å². The maximum atomic E-state index is 14.1. The van der Waals surface area contributed by atoms with Crippen LogP contribution in [0.15, 0.2) is 60.7 Å². The average molecular weight is 394 g/mol. The summed E-state index contributed by atoms with van der Waals surface area (Å²) in [6, 6.07) is 17.6. The minimum Gasteiger partial charge on any atom is -0.492 e. The fraction of sp³-hybridized carbons (Fsp3) is 0.304. The first-order valence-electron chi connectivity index (χ1n) is 9.85. The molecule has 0 saturated carbocycles. The number of halogens is 1. The van der Waals surface area contributed by atoms with E-state index in [0.717, 1.165) is 18.6 Å². The van der Waals surface area contributed by atoms with E-state index in [-0.39, 0.29) is 23.2 Å². The number of fused-ring (bicyclic) bond motifs is 1. The van der Waals surface area contributed by atoms with Crippen molar-refractivity contribution in [3.63, 3.8) is 0 Å². The standard InChI is InChI=1S/C23H23FN2O3/c24-20-10-4-6-17-11-12-21(25-22(17)20)23(27)26(16-19-9-5-14-28-19)13-15-29-18-7-2-1-3-8-18/h1-4,6-8,10-12,19H,5,9,13-16H2. The number of hydrogen-bond acceptors (Lipinski definition) is 4. The van der Waals surface area contributed by atoms with Crippen LogP contribution in [0.3, 0.4) is 0 Å². The first-order chi connectivity index (χ1) is 14.2. The number of rotatable bonds is 7. The zero-order valence-electron chi connectivity index (χ0n) is 16.1. The molecule has 150 valence electrons. The number of benzene rings is 2. The molecule has 29 heavy (non-hydrogen) atoms. The van der Waals surface area contributed by atoms with E-state index >= 15 is 0 Å². The molecule has 1 aliphatic rings. The lowest BCUT2D eigenvalue weighted by Gasteiger charge is -2.25. The number of amides is 1. The van der Waals surface area contributed by atoms with Gasteiger partial charge in [0.2, 0.25) is 0 Å². The molecule has 0 bridgehead atoms. The van der Waals surface area contributed by atoms with Gasteiger partial charge in [-0.05, 0) is 37.1 Å². The molecule has 1 aliphatic heterocycles. The second-order valence-corrected chi connectivity index (χ2v) is 7.06. The highest BCUT2D eigenvalue weighted by molar-refractivity contribution is 5.95. The van der Waals surface area contributed by atoms with Gasteiger partial charge in [0.25, 0.3) is 5.91 Å². The Morgan fingerprint density at radius 3 is 2.79 bits per heavy atom. The van der Waals surface area contributed by atoms with Crippen molar-refractivity contribution in [3.8, 4) is 5.75 Å². The predicted octanol–water partition coefficient (Wildman–Crippen LogP) is 4.07. The summed E-state index contributed by atoms with van der Waals surface area (Å²) in [5.74, 6) is 0.0699. The molecule has 1 unspecified atom stereocenters. The van der Waals surface area contributed by atoms with Crippen LogP contribution in [0.2, 0.25) is 0 Å². The molecule has 5 nitrogen and oxygen atoms in total. The van der Waals surface area contributed by atoms with Gasteiger partial charge in [0.1, 0.15) is 29.4 Å². The molecule has 1 fully saturated rings. The molecular weight excluding hydrogens is 371 g/mol. The van der Waals surface area contributed by atoms with Crippen LogP contribution in [0.25, 0.3) is 10.9 Å². The van der Waals surface area contributed by atoms with Crippen LogP contribution in [0, 0.1) is 5.82 Å². The Balaban J connectivity index is 1.51. The van der Waals surface area contributed by atoms with Gasteiger partial charge < -0.3 is 14.4 Å². The normalized spacial score (nSPS) is 16.1. The van der Waals surface area contributed by atoms with Crippen LogP contribution in [-0.4, -0.2) is 48.2 Å². The molecule has 1 amide bonds. The van der Waals surface area contributed by atoms with Crippen molar-refractivity contribution < 1.29 is 18.7 Å². The molecule has 0 N–H and O–H groups in total. The third-order valence-corrected chi connectivity index (χ3v) is 5.00. The lowest BCUT2D eigenvalue weighted by Crippen LogP contribution is -2.40. The molecule has 2 aromatic carbocycles. The predicted molar refractivity (Wildman–Crippen MR) is 109 cm³/mol. The summed E-state index contributed by atoms with van der Waals surface area (Å²) in [6.45, 7) is 1.93. The molecule has 1 saturated heterocycles. The Morgan fingerprint density at radius 2 is 2.00 bits per heavy atom. The number of carbonyl (C=O) groups excluding carboxylic acids is 1. The van der Waals surface area contributed by atoms with Gasteiger partial charge in [-0.3, -0.25) is 4.79 Å². The molecular formula is C23H23FN2O3. The van der Waals surface area contributed by atoms with E-state index in [9.17, 15) is 9.18 Å². The lowest BCUT2D eigenvalue weighted by atomic mass is 10.1. The van der Waals surface area contributed by atoms with Crippen LogP contribution >= 0.6 is 0 Å². The van der Waals surface area contributed by atoms with E-state index < -0.39 is 5.82 Å². The van der Waals surface area contributed by atoms with Crippen LogP contribution < -0.4 is 4.74 Å². The fourth-order valence-corrected chi connectivity index (χ4v) is 3.49. The van der Waals surface area contributed by atoms with Crippen LogP contribution in [0.4, 0.5) is 4.39 Å². The van der Waals surface area contributed by atoms with Crippen LogP contribution in [0.5, 0.6) is 5.75 Å². The summed E-state index contributed by atoms with van der Waals surface area (Å²) >= 11 is 0. The minimum absolute atomic E-state index is 0.00729. The number of hydrogen-bond donors (Lipinski definition) is 0. The molecule has 2 heterocycles. The van der Waals surface area contributed by atoms with E-state index in [1.54, 1.807) is 29.2 Å². The smallest absolute Gasteiger partial charge is 0.272 e. The van der Waals surface area contributed by atoms with Crippen molar-refractivity contribution in [1.29, 1.82) is 0 Å². The Hall–Kier alpha value is -2.99. The van der Waals surface area contributed by atoms with Gasteiger partial charge >= 0.3 is 0 Å². The van der Waals surface area contributed by atoms with Gasteiger partial charge in [0.05, 0.1) is 12.6 Å².